The fraction of sp³-hybridized carbons (Fsp3) is 0.462. The van der Waals surface area contributed by atoms with Crippen LogP contribution in [0.1, 0.15) is 30.1 Å². The fourth-order valence-electron chi connectivity index (χ4n) is 1.98. The zero-order valence-electron chi connectivity index (χ0n) is 10.6. The molecule has 0 aromatic heterocycles. The van der Waals surface area contributed by atoms with Crippen LogP contribution in [-0.4, -0.2) is 17.4 Å². The average Bonchev–Trinajstić information content (AvgIpc) is 3.19. The van der Waals surface area contributed by atoms with E-state index in [0.29, 0.717) is 18.0 Å². The molecule has 6 heteroatoms. The summed E-state index contributed by atoms with van der Waals surface area (Å²) >= 11 is 5.77. The molecule has 1 N–H and O–H groups in total. The number of nitrogens with zero attached hydrogens (tertiary/aromatic N) is 1. The summed E-state index contributed by atoms with van der Waals surface area (Å²) < 4.78 is 0. The van der Waals surface area contributed by atoms with Crippen molar-refractivity contribution in [3.8, 4) is 0 Å². The van der Waals surface area contributed by atoms with E-state index in [1.54, 1.807) is 0 Å². The topological polar surface area (TPSA) is 72.2 Å². The Bertz CT molecular complexity index is 515. The molecule has 1 saturated carbocycles. The molecule has 102 valence electrons. The van der Waals surface area contributed by atoms with E-state index in [0.717, 1.165) is 5.92 Å². The summed E-state index contributed by atoms with van der Waals surface area (Å²) in [6.45, 7) is 2.73. The summed E-state index contributed by atoms with van der Waals surface area (Å²) in [5.41, 5.74) is 0.156. The van der Waals surface area contributed by atoms with Crippen molar-refractivity contribution in [3.05, 3.63) is 38.9 Å². The number of carbonyl (C=O) groups is 1. The monoisotopic (exact) mass is 282 g/mol. The number of hydrogen-bond donors (Lipinski definition) is 1. The first-order chi connectivity index (χ1) is 8.99. The molecule has 0 heterocycles. The van der Waals surface area contributed by atoms with E-state index < -0.39 is 4.92 Å². The molecule has 19 heavy (non-hydrogen) atoms. The van der Waals surface area contributed by atoms with Crippen LogP contribution in [0.25, 0.3) is 0 Å². The molecule has 0 saturated heterocycles. The molecule has 2 rings (SSSR count). The van der Waals surface area contributed by atoms with Crippen molar-refractivity contribution < 1.29 is 9.72 Å². The SMILES string of the molecule is CC(CNC(=O)c1ccc([N+](=O)[O-])c(Cl)c1)C1CC1. The Morgan fingerprint density at radius 1 is 1.58 bits per heavy atom. The van der Waals surface area contributed by atoms with E-state index >= 15 is 0 Å². The van der Waals surface area contributed by atoms with Gasteiger partial charge in [0, 0.05) is 18.2 Å². The van der Waals surface area contributed by atoms with Crippen molar-refractivity contribution in [3.63, 3.8) is 0 Å². The lowest BCUT2D eigenvalue weighted by molar-refractivity contribution is -0.384. The summed E-state index contributed by atoms with van der Waals surface area (Å²) in [6.07, 6.45) is 2.47. The molecule has 1 aromatic rings. The van der Waals surface area contributed by atoms with Crippen LogP contribution in [0.2, 0.25) is 5.02 Å². The third-order valence-corrected chi connectivity index (χ3v) is 3.72. The highest BCUT2D eigenvalue weighted by Crippen LogP contribution is 2.36. The minimum atomic E-state index is -0.570. The minimum absolute atomic E-state index is 0.0205. The van der Waals surface area contributed by atoms with Gasteiger partial charge in [0.2, 0.25) is 0 Å². The van der Waals surface area contributed by atoms with Gasteiger partial charge in [0.15, 0.2) is 0 Å². The maximum atomic E-state index is 11.9. The largest absolute Gasteiger partial charge is 0.352 e. The number of amides is 1. The Morgan fingerprint density at radius 3 is 2.79 bits per heavy atom. The number of nitro groups is 1. The summed E-state index contributed by atoms with van der Waals surface area (Å²) in [6, 6.07) is 4.00. The predicted molar refractivity (Wildman–Crippen MR) is 72.3 cm³/mol. The average molecular weight is 283 g/mol. The first kappa shape index (κ1) is 13.8. The van der Waals surface area contributed by atoms with E-state index in [1.165, 1.54) is 31.0 Å². The Balaban J connectivity index is 1.98. The second-order valence-electron chi connectivity index (χ2n) is 4.95. The standard InChI is InChI=1S/C13H15ClN2O3/c1-8(9-2-3-9)7-15-13(17)10-4-5-12(16(18)19)11(14)6-10/h4-6,8-9H,2-3,7H2,1H3,(H,15,17). The number of carbonyl (C=O) groups excluding carboxylic acids is 1. The van der Waals surface area contributed by atoms with Gasteiger partial charge in [-0.05, 0) is 36.8 Å². The Labute approximate surface area is 116 Å². The van der Waals surface area contributed by atoms with Gasteiger partial charge in [-0.15, -0.1) is 0 Å². The maximum Gasteiger partial charge on any atom is 0.287 e. The summed E-state index contributed by atoms with van der Waals surface area (Å²) in [7, 11) is 0. The lowest BCUT2D eigenvalue weighted by Crippen LogP contribution is -2.29. The Morgan fingerprint density at radius 2 is 2.26 bits per heavy atom. The van der Waals surface area contributed by atoms with E-state index in [4.69, 9.17) is 11.6 Å². The summed E-state index contributed by atoms with van der Waals surface area (Å²) in [5.74, 6) is 0.947. The van der Waals surface area contributed by atoms with E-state index in [1.807, 2.05) is 0 Å². The highest BCUT2D eigenvalue weighted by Gasteiger charge is 2.28. The van der Waals surface area contributed by atoms with Gasteiger partial charge in [0.05, 0.1) is 4.92 Å². The van der Waals surface area contributed by atoms with Gasteiger partial charge in [-0.1, -0.05) is 18.5 Å². The zero-order chi connectivity index (χ0) is 14.0. The lowest BCUT2D eigenvalue weighted by atomic mass is 10.1. The van der Waals surface area contributed by atoms with Crippen LogP contribution in [0.3, 0.4) is 0 Å². The number of nitrogens with one attached hydrogen (secondary N) is 1. The van der Waals surface area contributed by atoms with Crippen LogP contribution in [-0.2, 0) is 0 Å². The van der Waals surface area contributed by atoms with Gasteiger partial charge in [0.25, 0.3) is 11.6 Å². The molecule has 1 fully saturated rings. The fourth-order valence-corrected chi connectivity index (χ4v) is 2.23. The van der Waals surface area contributed by atoms with Crippen molar-refractivity contribution in [2.45, 2.75) is 19.8 Å². The van der Waals surface area contributed by atoms with Crippen LogP contribution >= 0.6 is 11.6 Å². The number of halogens is 1. The normalized spacial score (nSPS) is 15.9. The highest BCUT2D eigenvalue weighted by atomic mass is 35.5. The molecule has 1 amide bonds. The van der Waals surface area contributed by atoms with Crippen LogP contribution < -0.4 is 5.32 Å². The van der Waals surface area contributed by atoms with Gasteiger partial charge in [0.1, 0.15) is 5.02 Å². The van der Waals surface area contributed by atoms with Crippen LogP contribution in [0.15, 0.2) is 18.2 Å². The molecule has 5 nitrogen and oxygen atoms in total. The molecule has 1 aliphatic rings. The molecular weight excluding hydrogens is 268 g/mol. The first-order valence-corrected chi connectivity index (χ1v) is 6.59. The molecule has 1 aromatic carbocycles. The third-order valence-electron chi connectivity index (χ3n) is 3.42. The molecule has 0 aliphatic heterocycles. The second kappa shape index (κ2) is 5.57. The number of rotatable bonds is 5. The zero-order valence-corrected chi connectivity index (χ0v) is 11.3. The van der Waals surface area contributed by atoms with Crippen molar-refractivity contribution in [2.24, 2.45) is 11.8 Å². The molecular formula is C13H15ClN2O3. The smallest absolute Gasteiger partial charge is 0.287 e. The van der Waals surface area contributed by atoms with Gasteiger partial charge in [-0.2, -0.15) is 0 Å². The molecule has 0 bridgehead atoms. The van der Waals surface area contributed by atoms with Crippen LogP contribution in [0.5, 0.6) is 0 Å². The summed E-state index contributed by atoms with van der Waals surface area (Å²) in [4.78, 5) is 21.9. The van der Waals surface area contributed by atoms with E-state index in [-0.39, 0.29) is 16.6 Å². The minimum Gasteiger partial charge on any atom is -0.352 e. The van der Waals surface area contributed by atoms with E-state index in [9.17, 15) is 14.9 Å². The van der Waals surface area contributed by atoms with Gasteiger partial charge < -0.3 is 5.32 Å². The van der Waals surface area contributed by atoms with Crippen LogP contribution in [0, 0.1) is 22.0 Å². The summed E-state index contributed by atoms with van der Waals surface area (Å²) in [5, 5.41) is 13.4. The molecule has 0 spiro atoms. The third kappa shape index (κ3) is 3.44. The maximum absolute atomic E-state index is 11.9. The predicted octanol–water partition coefficient (Wildman–Crippen LogP) is 3.02. The lowest BCUT2D eigenvalue weighted by Gasteiger charge is -2.11. The second-order valence-corrected chi connectivity index (χ2v) is 5.36. The molecule has 1 atom stereocenters. The van der Waals surface area contributed by atoms with E-state index in [2.05, 4.69) is 12.2 Å². The molecule has 1 aliphatic carbocycles. The van der Waals surface area contributed by atoms with Gasteiger partial charge in [-0.3, -0.25) is 14.9 Å². The van der Waals surface area contributed by atoms with Crippen molar-refractivity contribution in [1.82, 2.24) is 5.32 Å². The number of nitro benzene ring substituents is 1. The molecule has 0 radical (unpaired) electrons. The highest BCUT2D eigenvalue weighted by molar-refractivity contribution is 6.33. The number of benzene rings is 1. The Hall–Kier alpha value is -1.62. The number of hydrogen-bond acceptors (Lipinski definition) is 3. The van der Waals surface area contributed by atoms with Gasteiger partial charge in [-0.25, -0.2) is 0 Å². The van der Waals surface area contributed by atoms with Crippen molar-refractivity contribution in [2.75, 3.05) is 6.54 Å². The van der Waals surface area contributed by atoms with Gasteiger partial charge >= 0.3 is 0 Å². The molecule has 1 unspecified atom stereocenters. The Kier molecular flexibility index (Phi) is 4.04. The quantitative estimate of drug-likeness (QED) is 0.666. The van der Waals surface area contributed by atoms with Crippen molar-refractivity contribution in [1.29, 1.82) is 0 Å². The van der Waals surface area contributed by atoms with Crippen LogP contribution in [0.4, 0.5) is 5.69 Å². The first-order valence-electron chi connectivity index (χ1n) is 6.21. The van der Waals surface area contributed by atoms with Crippen molar-refractivity contribution >= 4 is 23.2 Å².